The Hall–Kier alpha value is -0.740. The third-order valence-electron chi connectivity index (χ3n) is 1.12. The SMILES string of the molecule is CSc1ncccc1OC(=O)Cl. The highest BCUT2D eigenvalue weighted by atomic mass is 35.5. The predicted octanol–water partition coefficient (Wildman–Crippen LogP) is 2.54. The Morgan fingerprint density at radius 2 is 2.50 bits per heavy atom. The minimum atomic E-state index is -0.849. The molecule has 0 aromatic carbocycles. The second-order valence-electron chi connectivity index (χ2n) is 1.85. The van der Waals surface area contributed by atoms with Gasteiger partial charge in [-0.1, -0.05) is 0 Å². The summed E-state index contributed by atoms with van der Waals surface area (Å²) in [5.41, 5.74) is -0.849. The van der Waals surface area contributed by atoms with Gasteiger partial charge in [0.05, 0.1) is 0 Å². The molecule has 0 spiro atoms. The first-order valence-electron chi connectivity index (χ1n) is 3.10. The van der Waals surface area contributed by atoms with Gasteiger partial charge in [-0.2, -0.15) is 0 Å². The molecular weight excluding hydrogens is 198 g/mol. The lowest BCUT2D eigenvalue weighted by atomic mass is 10.5. The number of aromatic nitrogens is 1. The van der Waals surface area contributed by atoms with E-state index in [9.17, 15) is 4.79 Å². The van der Waals surface area contributed by atoms with E-state index in [2.05, 4.69) is 9.72 Å². The van der Waals surface area contributed by atoms with Crippen LogP contribution in [0.25, 0.3) is 0 Å². The molecule has 0 unspecified atom stereocenters. The average Bonchev–Trinajstić information content (AvgIpc) is 2.04. The Morgan fingerprint density at radius 1 is 1.75 bits per heavy atom. The van der Waals surface area contributed by atoms with E-state index in [0.29, 0.717) is 10.8 Å². The summed E-state index contributed by atoms with van der Waals surface area (Å²) in [4.78, 5) is 14.4. The number of nitrogens with zero attached hydrogens (tertiary/aromatic N) is 1. The molecule has 0 N–H and O–H groups in total. The maximum atomic E-state index is 10.4. The van der Waals surface area contributed by atoms with Gasteiger partial charge < -0.3 is 4.74 Å². The number of carbonyl (C=O) groups is 1. The summed E-state index contributed by atoms with van der Waals surface area (Å²) in [7, 11) is 0. The van der Waals surface area contributed by atoms with Crippen molar-refractivity contribution in [3.8, 4) is 5.75 Å². The van der Waals surface area contributed by atoms with Gasteiger partial charge in [0.1, 0.15) is 5.03 Å². The van der Waals surface area contributed by atoms with Crippen molar-refractivity contribution >= 4 is 28.8 Å². The van der Waals surface area contributed by atoms with Gasteiger partial charge >= 0.3 is 5.43 Å². The van der Waals surface area contributed by atoms with Crippen LogP contribution in [-0.2, 0) is 0 Å². The monoisotopic (exact) mass is 203 g/mol. The molecule has 0 amide bonds. The van der Waals surface area contributed by atoms with Crippen LogP contribution in [0.2, 0.25) is 0 Å². The molecule has 0 aliphatic rings. The number of halogens is 1. The highest BCUT2D eigenvalue weighted by molar-refractivity contribution is 7.98. The minimum absolute atomic E-state index is 0.394. The average molecular weight is 204 g/mol. The van der Waals surface area contributed by atoms with Gasteiger partial charge in [0, 0.05) is 17.8 Å². The Labute approximate surface area is 79.1 Å². The lowest BCUT2D eigenvalue weighted by Gasteiger charge is -2.02. The van der Waals surface area contributed by atoms with Crippen LogP contribution >= 0.6 is 23.4 Å². The third kappa shape index (κ3) is 2.39. The first-order chi connectivity index (χ1) is 5.74. The number of thioether (sulfide) groups is 1. The molecular formula is C7H6ClNO2S. The van der Waals surface area contributed by atoms with Crippen LogP contribution in [0, 0.1) is 0 Å². The number of ether oxygens (including phenoxy) is 1. The van der Waals surface area contributed by atoms with Crippen molar-refractivity contribution in [1.82, 2.24) is 4.98 Å². The highest BCUT2D eigenvalue weighted by Crippen LogP contribution is 2.24. The van der Waals surface area contributed by atoms with Gasteiger partial charge in [0.2, 0.25) is 0 Å². The number of pyridine rings is 1. The van der Waals surface area contributed by atoms with E-state index >= 15 is 0 Å². The number of carbonyl (C=O) groups excluding carboxylic acids is 1. The molecule has 1 rings (SSSR count). The van der Waals surface area contributed by atoms with Crippen LogP contribution in [0.3, 0.4) is 0 Å². The zero-order valence-electron chi connectivity index (χ0n) is 6.28. The standard InChI is InChI=1S/C7H6ClNO2S/c1-12-6-5(11-7(8)10)3-2-4-9-6/h2-4H,1H3. The van der Waals surface area contributed by atoms with E-state index in [1.165, 1.54) is 11.8 Å². The molecule has 1 heterocycles. The number of hydrogen-bond acceptors (Lipinski definition) is 4. The van der Waals surface area contributed by atoms with Gasteiger partial charge in [0.25, 0.3) is 0 Å². The van der Waals surface area contributed by atoms with Crippen LogP contribution in [0.1, 0.15) is 0 Å². The van der Waals surface area contributed by atoms with Crippen molar-refractivity contribution in [2.24, 2.45) is 0 Å². The molecule has 12 heavy (non-hydrogen) atoms. The molecule has 0 saturated carbocycles. The van der Waals surface area contributed by atoms with Crippen molar-refractivity contribution in [3.63, 3.8) is 0 Å². The fraction of sp³-hybridized carbons (Fsp3) is 0.143. The molecule has 3 nitrogen and oxygen atoms in total. The Bertz CT molecular complexity index is 292. The molecule has 0 fully saturated rings. The van der Waals surface area contributed by atoms with Gasteiger partial charge in [-0.15, -0.1) is 11.8 Å². The lowest BCUT2D eigenvalue weighted by Crippen LogP contribution is -1.98. The van der Waals surface area contributed by atoms with Crippen molar-refractivity contribution < 1.29 is 9.53 Å². The Morgan fingerprint density at radius 3 is 3.08 bits per heavy atom. The summed E-state index contributed by atoms with van der Waals surface area (Å²) in [6.45, 7) is 0. The van der Waals surface area contributed by atoms with Gasteiger partial charge in [-0.25, -0.2) is 9.78 Å². The molecule has 0 atom stereocenters. The van der Waals surface area contributed by atoms with Gasteiger partial charge in [-0.3, -0.25) is 0 Å². The summed E-state index contributed by atoms with van der Waals surface area (Å²) in [5, 5.41) is 0.645. The molecule has 1 aromatic rings. The van der Waals surface area contributed by atoms with E-state index in [1.54, 1.807) is 18.3 Å². The summed E-state index contributed by atoms with van der Waals surface area (Å²) >= 11 is 6.43. The quantitative estimate of drug-likeness (QED) is 0.547. The van der Waals surface area contributed by atoms with Gasteiger partial charge in [-0.05, 0) is 18.4 Å². The second kappa shape index (κ2) is 4.33. The Balaban J connectivity index is 2.89. The van der Waals surface area contributed by atoms with Crippen LogP contribution < -0.4 is 4.74 Å². The van der Waals surface area contributed by atoms with Crippen LogP contribution in [0.5, 0.6) is 5.75 Å². The summed E-state index contributed by atoms with van der Waals surface area (Å²) in [6, 6.07) is 3.31. The zero-order valence-corrected chi connectivity index (χ0v) is 7.85. The Kier molecular flexibility index (Phi) is 3.37. The second-order valence-corrected chi connectivity index (χ2v) is 2.95. The molecule has 0 radical (unpaired) electrons. The van der Waals surface area contributed by atoms with Crippen LogP contribution in [0.4, 0.5) is 4.79 Å². The topological polar surface area (TPSA) is 39.2 Å². The maximum Gasteiger partial charge on any atom is 0.409 e. The number of rotatable bonds is 2. The fourth-order valence-corrected chi connectivity index (χ4v) is 1.25. The van der Waals surface area contributed by atoms with Crippen molar-refractivity contribution in [2.45, 2.75) is 5.03 Å². The summed E-state index contributed by atoms with van der Waals surface area (Å²) in [5.74, 6) is 0.394. The highest BCUT2D eigenvalue weighted by Gasteiger charge is 2.05. The largest absolute Gasteiger partial charge is 0.412 e. The van der Waals surface area contributed by atoms with E-state index in [4.69, 9.17) is 11.6 Å². The van der Waals surface area contributed by atoms with E-state index in [0.717, 1.165) is 0 Å². The summed E-state index contributed by atoms with van der Waals surface area (Å²) < 4.78 is 4.68. The number of hydrogen-bond donors (Lipinski definition) is 0. The van der Waals surface area contributed by atoms with Crippen LogP contribution in [-0.4, -0.2) is 16.7 Å². The fourth-order valence-electron chi connectivity index (χ4n) is 0.693. The third-order valence-corrected chi connectivity index (χ3v) is 1.89. The summed E-state index contributed by atoms with van der Waals surface area (Å²) in [6.07, 6.45) is 3.46. The maximum absolute atomic E-state index is 10.4. The van der Waals surface area contributed by atoms with E-state index in [1.807, 2.05) is 6.26 Å². The zero-order chi connectivity index (χ0) is 8.97. The smallest absolute Gasteiger partial charge is 0.409 e. The molecule has 0 bridgehead atoms. The molecule has 64 valence electrons. The molecule has 0 aliphatic carbocycles. The first-order valence-corrected chi connectivity index (χ1v) is 4.70. The molecule has 0 saturated heterocycles. The van der Waals surface area contributed by atoms with Crippen LogP contribution in [0.15, 0.2) is 23.4 Å². The first kappa shape index (κ1) is 9.35. The van der Waals surface area contributed by atoms with Crippen molar-refractivity contribution in [1.29, 1.82) is 0 Å². The lowest BCUT2D eigenvalue weighted by molar-refractivity contribution is 0.224. The minimum Gasteiger partial charge on any atom is -0.412 e. The van der Waals surface area contributed by atoms with E-state index in [-0.39, 0.29) is 0 Å². The predicted molar refractivity (Wildman–Crippen MR) is 47.9 cm³/mol. The molecule has 1 aromatic heterocycles. The normalized spacial score (nSPS) is 9.50. The molecule has 5 heteroatoms. The van der Waals surface area contributed by atoms with Crippen molar-refractivity contribution in [3.05, 3.63) is 18.3 Å². The van der Waals surface area contributed by atoms with Gasteiger partial charge in [0.15, 0.2) is 5.75 Å². The van der Waals surface area contributed by atoms with E-state index < -0.39 is 5.43 Å². The molecule has 0 aliphatic heterocycles. The van der Waals surface area contributed by atoms with Crippen molar-refractivity contribution in [2.75, 3.05) is 6.26 Å².